The summed E-state index contributed by atoms with van der Waals surface area (Å²) in [4.78, 5) is 39.3. The summed E-state index contributed by atoms with van der Waals surface area (Å²) < 4.78 is 6.07. The van der Waals surface area contributed by atoms with Crippen LogP contribution in [-0.4, -0.2) is 49.9 Å². The first-order chi connectivity index (χ1) is 13.8. The van der Waals surface area contributed by atoms with Crippen LogP contribution in [0.15, 0.2) is 28.7 Å². The molecule has 0 fully saturated rings. The average molecular weight is 482 g/mol. The Morgan fingerprint density at radius 1 is 1.24 bits per heavy atom. The molecule has 1 heterocycles. The molecule has 156 valence electrons. The zero-order valence-electron chi connectivity index (χ0n) is 16.8. The van der Waals surface area contributed by atoms with E-state index in [-0.39, 0.29) is 30.5 Å². The summed E-state index contributed by atoms with van der Waals surface area (Å²) in [7, 11) is 3.35. The Labute approximate surface area is 182 Å². The molecule has 29 heavy (non-hydrogen) atoms. The summed E-state index contributed by atoms with van der Waals surface area (Å²) in [6.45, 7) is 4.27. The van der Waals surface area contributed by atoms with Gasteiger partial charge in [0.1, 0.15) is 5.00 Å². The summed E-state index contributed by atoms with van der Waals surface area (Å²) in [5, 5.41) is 5.63. The molecule has 0 atom stereocenters. The lowest BCUT2D eigenvalue weighted by Crippen LogP contribution is -2.30. The third-order valence-electron chi connectivity index (χ3n) is 4.12. The number of carbonyl (C=O) groups excluding carboxylic acids is 3. The Hall–Kier alpha value is -2.23. The van der Waals surface area contributed by atoms with E-state index < -0.39 is 5.97 Å². The van der Waals surface area contributed by atoms with Crippen LogP contribution >= 0.6 is 27.3 Å². The van der Waals surface area contributed by atoms with Crippen molar-refractivity contribution in [2.45, 2.75) is 20.4 Å². The van der Waals surface area contributed by atoms with Crippen molar-refractivity contribution in [3.05, 3.63) is 50.3 Å². The molecular weight excluding hydrogens is 458 g/mol. The second-order valence-electron chi connectivity index (χ2n) is 6.37. The maximum absolute atomic E-state index is 12.6. The molecule has 1 aromatic carbocycles. The Bertz CT molecular complexity index is 913. The van der Waals surface area contributed by atoms with E-state index in [1.807, 2.05) is 36.2 Å². The van der Waals surface area contributed by atoms with Gasteiger partial charge < -0.3 is 15.4 Å². The maximum atomic E-state index is 12.6. The largest absolute Gasteiger partial charge is 0.462 e. The zero-order chi connectivity index (χ0) is 21.6. The van der Waals surface area contributed by atoms with E-state index in [2.05, 4.69) is 26.6 Å². The molecule has 2 rings (SSSR count). The molecule has 0 aliphatic heterocycles. The number of benzene rings is 1. The number of ether oxygens (including phenoxy) is 1. The van der Waals surface area contributed by atoms with E-state index >= 15 is 0 Å². The number of hydrogen-bond donors (Lipinski definition) is 2. The minimum atomic E-state index is -0.562. The van der Waals surface area contributed by atoms with Gasteiger partial charge in [0.15, 0.2) is 0 Å². The number of anilines is 1. The van der Waals surface area contributed by atoms with Crippen molar-refractivity contribution in [2.24, 2.45) is 0 Å². The van der Waals surface area contributed by atoms with Gasteiger partial charge in [-0.15, -0.1) is 11.3 Å². The van der Waals surface area contributed by atoms with Crippen LogP contribution in [0.25, 0.3) is 0 Å². The monoisotopic (exact) mass is 481 g/mol. The van der Waals surface area contributed by atoms with E-state index in [9.17, 15) is 14.4 Å². The van der Waals surface area contributed by atoms with Crippen molar-refractivity contribution in [1.82, 2.24) is 10.2 Å². The van der Waals surface area contributed by atoms with Gasteiger partial charge >= 0.3 is 5.97 Å². The highest BCUT2D eigenvalue weighted by atomic mass is 79.9. The first-order valence-corrected chi connectivity index (χ1v) is 10.6. The van der Waals surface area contributed by atoms with Gasteiger partial charge in [0.25, 0.3) is 5.91 Å². The minimum Gasteiger partial charge on any atom is -0.462 e. The topological polar surface area (TPSA) is 87.7 Å². The Morgan fingerprint density at radius 2 is 1.93 bits per heavy atom. The van der Waals surface area contributed by atoms with Crippen LogP contribution < -0.4 is 10.6 Å². The van der Waals surface area contributed by atoms with Gasteiger partial charge in [0.2, 0.25) is 5.91 Å². The number of esters is 1. The second-order valence-corrected chi connectivity index (χ2v) is 8.25. The molecule has 7 nitrogen and oxygen atoms in total. The number of thiophene rings is 1. The summed E-state index contributed by atoms with van der Waals surface area (Å²) in [5.74, 6) is -1.16. The highest BCUT2D eigenvalue weighted by molar-refractivity contribution is 9.10. The molecule has 2 aromatic rings. The molecule has 2 amide bonds. The lowest BCUT2D eigenvalue weighted by atomic mass is 10.1. The van der Waals surface area contributed by atoms with E-state index in [0.29, 0.717) is 22.0 Å². The van der Waals surface area contributed by atoms with E-state index in [1.165, 1.54) is 7.05 Å². The number of likely N-dealkylation sites (N-methyl/N-ethyl adjacent to an activating group) is 1. The lowest BCUT2D eigenvalue weighted by Gasteiger charge is -2.17. The third kappa shape index (κ3) is 5.88. The van der Waals surface area contributed by atoms with Gasteiger partial charge in [0.05, 0.1) is 23.6 Å². The fourth-order valence-corrected chi connectivity index (χ4v) is 4.33. The SMILES string of the molecule is CCOC(=O)c1c(NC(=O)CN(C)Cc2ccccc2Br)sc(C(=O)NC)c1C. The molecule has 1 aromatic heterocycles. The van der Waals surface area contributed by atoms with Gasteiger partial charge in [-0.2, -0.15) is 0 Å². The van der Waals surface area contributed by atoms with Crippen LogP contribution in [0.3, 0.4) is 0 Å². The van der Waals surface area contributed by atoms with Crippen LogP contribution in [0.1, 0.15) is 38.1 Å². The van der Waals surface area contributed by atoms with E-state index in [0.717, 1.165) is 21.4 Å². The minimum absolute atomic E-state index is 0.121. The molecule has 0 spiro atoms. The highest BCUT2D eigenvalue weighted by Gasteiger charge is 2.26. The molecule has 0 saturated heterocycles. The fraction of sp³-hybridized carbons (Fsp3) is 0.350. The number of rotatable bonds is 8. The summed E-state index contributed by atoms with van der Waals surface area (Å²) in [6.07, 6.45) is 0. The molecule has 0 saturated carbocycles. The number of nitrogens with one attached hydrogen (secondary N) is 2. The van der Waals surface area contributed by atoms with Crippen molar-refractivity contribution in [3.8, 4) is 0 Å². The van der Waals surface area contributed by atoms with Crippen molar-refractivity contribution in [1.29, 1.82) is 0 Å². The Morgan fingerprint density at radius 3 is 2.55 bits per heavy atom. The summed E-state index contributed by atoms with van der Waals surface area (Å²) >= 11 is 4.57. The molecule has 0 aliphatic carbocycles. The van der Waals surface area contributed by atoms with Crippen LogP contribution in [0, 0.1) is 6.92 Å². The molecule has 0 radical (unpaired) electrons. The van der Waals surface area contributed by atoms with Crippen molar-refractivity contribution in [2.75, 3.05) is 32.6 Å². The van der Waals surface area contributed by atoms with Gasteiger partial charge in [-0.1, -0.05) is 34.1 Å². The summed E-state index contributed by atoms with van der Waals surface area (Å²) in [6, 6.07) is 7.80. The number of halogens is 1. The third-order valence-corrected chi connectivity index (χ3v) is 6.10. The fourth-order valence-electron chi connectivity index (χ4n) is 2.77. The highest BCUT2D eigenvalue weighted by Crippen LogP contribution is 2.33. The zero-order valence-corrected chi connectivity index (χ0v) is 19.2. The molecular formula is C20H24BrN3O4S. The number of amides is 2. The standard InChI is InChI=1S/C20H24BrN3O4S/c1-5-28-20(27)16-12(2)17(18(26)22-3)29-19(16)23-15(25)11-24(4)10-13-8-6-7-9-14(13)21/h6-9H,5,10-11H2,1-4H3,(H,22,26)(H,23,25). The van der Waals surface area contributed by atoms with Crippen LogP contribution in [0.5, 0.6) is 0 Å². The first kappa shape index (κ1) is 23.1. The average Bonchev–Trinajstić information content (AvgIpc) is 2.98. The molecule has 9 heteroatoms. The van der Waals surface area contributed by atoms with Crippen LogP contribution in [-0.2, 0) is 16.1 Å². The van der Waals surface area contributed by atoms with E-state index in [1.54, 1.807) is 13.8 Å². The smallest absolute Gasteiger partial charge is 0.341 e. The quantitative estimate of drug-likeness (QED) is 0.563. The van der Waals surface area contributed by atoms with Gasteiger partial charge in [-0.05, 0) is 38.1 Å². The predicted molar refractivity (Wildman–Crippen MR) is 118 cm³/mol. The first-order valence-electron chi connectivity index (χ1n) is 9.02. The summed E-state index contributed by atoms with van der Waals surface area (Å²) in [5.41, 5.74) is 1.77. The van der Waals surface area contributed by atoms with Gasteiger partial charge in [0, 0.05) is 18.1 Å². The molecule has 0 aliphatic rings. The Balaban J connectivity index is 2.16. The van der Waals surface area contributed by atoms with Gasteiger partial charge in [-0.3, -0.25) is 14.5 Å². The molecule has 0 unspecified atom stereocenters. The predicted octanol–water partition coefficient (Wildman–Crippen LogP) is 3.43. The molecule has 2 N–H and O–H groups in total. The van der Waals surface area contributed by atoms with Crippen molar-refractivity contribution >= 4 is 50.1 Å². The van der Waals surface area contributed by atoms with Gasteiger partial charge in [-0.25, -0.2) is 4.79 Å². The molecule has 0 bridgehead atoms. The van der Waals surface area contributed by atoms with E-state index in [4.69, 9.17) is 4.74 Å². The van der Waals surface area contributed by atoms with Crippen molar-refractivity contribution in [3.63, 3.8) is 0 Å². The maximum Gasteiger partial charge on any atom is 0.341 e. The van der Waals surface area contributed by atoms with Crippen LogP contribution in [0.2, 0.25) is 0 Å². The van der Waals surface area contributed by atoms with Crippen LogP contribution in [0.4, 0.5) is 5.00 Å². The second kappa shape index (κ2) is 10.5. The van der Waals surface area contributed by atoms with Crippen molar-refractivity contribution < 1.29 is 19.1 Å². The normalized spacial score (nSPS) is 10.7. The number of hydrogen-bond acceptors (Lipinski definition) is 6. The number of nitrogens with zero attached hydrogens (tertiary/aromatic N) is 1. The Kier molecular flexibility index (Phi) is 8.36. The number of carbonyl (C=O) groups is 3. The lowest BCUT2D eigenvalue weighted by molar-refractivity contribution is -0.117.